The molecule has 0 saturated heterocycles. The monoisotopic (exact) mass is 507 g/mol. The third kappa shape index (κ3) is 5.71. The molecule has 1 aromatic carbocycles. The Hall–Kier alpha value is -3.24. The summed E-state index contributed by atoms with van der Waals surface area (Å²) in [6, 6.07) is 10.2. The Labute approximate surface area is 213 Å². The lowest BCUT2D eigenvalue weighted by atomic mass is 9.95. The maximum Gasteiger partial charge on any atom is 0.223 e. The number of halogens is 1. The number of nitrogens with zero attached hydrogens (tertiary/aromatic N) is 4. The topological polar surface area (TPSA) is 130 Å². The molecule has 0 spiro atoms. The number of aromatic nitrogens is 3. The summed E-state index contributed by atoms with van der Waals surface area (Å²) in [5.41, 5.74) is 18.2. The number of thiophene rings is 1. The van der Waals surface area contributed by atoms with E-state index in [0.717, 1.165) is 55.9 Å². The summed E-state index contributed by atoms with van der Waals surface area (Å²) >= 11 is 7.99. The maximum absolute atomic E-state index is 6.76. The summed E-state index contributed by atoms with van der Waals surface area (Å²) in [5.74, 6) is 0.586. The van der Waals surface area contributed by atoms with E-state index < -0.39 is 0 Å². The molecule has 0 aliphatic rings. The predicted molar refractivity (Wildman–Crippen MR) is 143 cm³/mol. The number of rotatable bonds is 10. The van der Waals surface area contributed by atoms with Crippen LogP contribution in [0.4, 0.5) is 5.95 Å². The van der Waals surface area contributed by atoms with Gasteiger partial charge >= 0.3 is 0 Å². The molecule has 4 rings (SSSR count). The number of benzene rings is 1. The van der Waals surface area contributed by atoms with Gasteiger partial charge in [-0.2, -0.15) is 5.11 Å². The van der Waals surface area contributed by atoms with Gasteiger partial charge in [-0.15, -0.1) is 11.3 Å². The Morgan fingerprint density at radius 1 is 1.26 bits per heavy atom. The normalized spacial score (nSPS) is 12.3. The molecule has 0 bridgehead atoms. The van der Waals surface area contributed by atoms with Crippen molar-refractivity contribution in [1.82, 2.24) is 15.0 Å². The van der Waals surface area contributed by atoms with Crippen molar-refractivity contribution in [2.75, 3.05) is 18.4 Å². The molecule has 4 aromatic rings. The zero-order chi connectivity index (χ0) is 24.8. The van der Waals surface area contributed by atoms with Crippen molar-refractivity contribution >= 4 is 39.0 Å². The first-order valence-corrected chi connectivity index (χ1v) is 12.6. The largest absolute Gasteiger partial charge is 0.349 e. The van der Waals surface area contributed by atoms with E-state index in [9.17, 15) is 0 Å². The summed E-state index contributed by atoms with van der Waals surface area (Å²) in [4.78, 5) is 14.6. The summed E-state index contributed by atoms with van der Waals surface area (Å²) in [7, 11) is 0. The Bertz CT molecular complexity index is 1370. The second-order valence-corrected chi connectivity index (χ2v) is 9.53. The van der Waals surface area contributed by atoms with E-state index in [0.29, 0.717) is 17.6 Å². The van der Waals surface area contributed by atoms with E-state index in [2.05, 4.69) is 51.6 Å². The van der Waals surface area contributed by atoms with E-state index >= 15 is 0 Å². The highest BCUT2D eigenvalue weighted by Gasteiger charge is 2.17. The second-order valence-electron chi connectivity index (χ2n) is 8.09. The number of nitrogens with one attached hydrogen (secondary N) is 2. The summed E-state index contributed by atoms with van der Waals surface area (Å²) in [6.07, 6.45) is 7.64. The lowest BCUT2D eigenvalue weighted by Crippen LogP contribution is -2.79. The molecule has 3 heterocycles. The molecule has 35 heavy (non-hydrogen) atoms. The van der Waals surface area contributed by atoms with Crippen molar-refractivity contribution in [3.05, 3.63) is 71.4 Å². The molecule has 8 nitrogen and oxygen atoms in total. The van der Waals surface area contributed by atoms with E-state index in [1.807, 2.05) is 24.5 Å². The minimum atomic E-state index is -0.115. The van der Waals surface area contributed by atoms with Crippen LogP contribution < -0.4 is 16.4 Å². The van der Waals surface area contributed by atoms with Crippen molar-refractivity contribution < 1.29 is 5.32 Å². The lowest BCUT2D eigenvalue weighted by Gasteiger charge is -2.15. The fraction of sp³-hybridized carbons (Fsp3) is 0.240. The molecule has 1 atom stereocenters. The van der Waals surface area contributed by atoms with E-state index in [1.54, 1.807) is 23.7 Å². The average Bonchev–Trinajstić information content (AvgIpc) is 3.31. The molecule has 180 valence electrons. The van der Waals surface area contributed by atoms with Crippen LogP contribution in [0.2, 0.25) is 5.15 Å². The van der Waals surface area contributed by atoms with E-state index in [4.69, 9.17) is 27.8 Å². The lowest BCUT2D eigenvalue weighted by molar-refractivity contribution is -0.584. The second kappa shape index (κ2) is 11.5. The first-order valence-electron chi connectivity index (χ1n) is 11.4. The Kier molecular flexibility index (Phi) is 8.14. The van der Waals surface area contributed by atoms with Gasteiger partial charge in [0.1, 0.15) is 17.6 Å². The zero-order valence-corrected chi connectivity index (χ0v) is 21.2. The van der Waals surface area contributed by atoms with Crippen LogP contribution >= 0.6 is 22.9 Å². The quantitative estimate of drug-likeness (QED) is 0.132. The number of fused-ring (bicyclic) bond motifs is 1. The summed E-state index contributed by atoms with van der Waals surface area (Å²) in [5, 5.41) is 9.99. The maximum atomic E-state index is 6.76. The molecule has 0 radical (unpaired) electrons. The highest BCUT2D eigenvalue weighted by atomic mass is 35.5. The number of aryl methyl sites for hydroxylation is 1. The number of hydrogen-bond acceptors (Lipinski definition) is 8. The van der Waals surface area contributed by atoms with Gasteiger partial charge in [0.2, 0.25) is 5.95 Å². The fourth-order valence-corrected chi connectivity index (χ4v) is 5.22. The van der Waals surface area contributed by atoms with Crippen molar-refractivity contribution in [2.24, 2.45) is 10.8 Å². The summed E-state index contributed by atoms with van der Waals surface area (Å²) < 4.78 is 1.16. The van der Waals surface area contributed by atoms with Crippen molar-refractivity contribution in [3.8, 4) is 21.7 Å². The number of anilines is 1. The Morgan fingerprint density at radius 2 is 2.11 bits per heavy atom. The highest BCUT2D eigenvalue weighted by molar-refractivity contribution is 7.22. The van der Waals surface area contributed by atoms with Gasteiger partial charge in [-0.3, -0.25) is 0 Å². The highest BCUT2D eigenvalue weighted by Crippen LogP contribution is 2.41. The Balaban J connectivity index is 1.69. The van der Waals surface area contributed by atoms with Crippen LogP contribution in [0.15, 0.2) is 60.2 Å². The van der Waals surface area contributed by atoms with Crippen LogP contribution in [0.5, 0.6) is 0 Å². The van der Waals surface area contributed by atoms with Gasteiger partial charge in [0.15, 0.2) is 0 Å². The van der Waals surface area contributed by atoms with Gasteiger partial charge in [0.05, 0.1) is 23.7 Å². The van der Waals surface area contributed by atoms with Crippen LogP contribution in [0.1, 0.15) is 30.5 Å². The van der Waals surface area contributed by atoms with Crippen molar-refractivity contribution in [3.63, 3.8) is 0 Å². The standard InChI is InChI=1S/C25H27ClN8S/c1-3-20(27)19-14-31-22(26)12-18(19)17-6-4-5-16-11-21(35-24(16)17)23-15(2)13-32-25(34-23)30-9-7-29-8-10-33-28/h4-6,8,10-14,20,28-29H,3,7,9,27H2,1-2H3,(H,30,32,34)/p+1/b10-8-,33-28?. The third-order valence-corrected chi connectivity index (χ3v) is 7.07. The molecule has 0 aliphatic carbocycles. The smallest absolute Gasteiger partial charge is 0.223 e. The first-order chi connectivity index (χ1) is 17.0. The van der Waals surface area contributed by atoms with Gasteiger partial charge in [-0.25, -0.2) is 20.5 Å². The molecule has 3 aromatic heterocycles. The predicted octanol–water partition coefficient (Wildman–Crippen LogP) is 5.27. The number of hydrogen-bond donors (Lipinski definition) is 4. The molecular formula is C25H28ClN8S+. The van der Waals surface area contributed by atoms with Crippen molar-refractivity contribution in [1.29, 1.82) is 5.53 Å². The Morgan fingerprint density at radius 3 is 2.91 bits per heavy atom. The molecular weight excluding hydrogens is 480 g/mol. The van der Waals surface area contributed by atoms with Gasteiger partial charge in [0, 0.05) is 28.7 Å². The van der Waals surface area contributed by atoms with Crippen molar-refractivity contribution in [2.45, 2.75) is 26.3 Å². The average molecular weight is 508 g/mol. The molecule has 1 unspecified atom stereocenters. The molecule has 10 heteroatoms. The first kappa shape index (κ1) is 24.9. The SMILES string of the molecule is CCC(N)c1cnc(Cl)cc1-c1cccc2cc(-c3nc(NCC[NH2+]/C=C\N=N)ncc3C)sc12. The van der Waals surface area contributed by atoms with Gasteiger partial charge in [-0.05, 0) is 47.6 Å². The van der Waals surface area contributed by atoms with Crippen LogP contribution in [0, 0.1) is 12.5 Å². The van der Waals surface area contributed by atoms with Crippen LogP contribution in [0.3, 0.4) is 0 Å². The van der Waals surface area contributed by atoms with Crippen LogP contribution in [-0.4, -0.2) is 28.0 Å². The number of quaternary nitrogens is 1. The van der Waals surface area contributed by atoms with Crippen LogP contribution in [0.25, 0.3) is 31.8 Å². The minimum absolute atomic E-state index is 0.115. The van der Waals surface area contributed by atoms with Crippen LogP contribution in [-0.2, 0) is 0 Å². The fourth-order valence-electron chi connectivity index (χ4n) is 3.83. The van der Waals surface area contributed by atoms with E-state index in [1.165, 1.54) is 6.20 Å². The molecule has 0 fully saturated rings. The van der Waals surface area contributed by atoms with Gasteiger partial charge < -0.3 is 16.4 Å². The minimum Gasteiger partial charge on any atom is -0.349 e. The number of nitrogens with two attached hydrogens (primary N) is 2. The third-order valence-electron chi connectivity index (χ3n) is 5.67. The number of pyridine rings is 1. The molecule has 0 amide bonds. The van der Waals surface area contributed by atoms with Gasteiger partial charge in [0.25, 0.3) is 0 Å². The molecule has 0 saturated carbocycles. The zero-order valence-electron chi connectivity index (χ0n) is 19.6. The van der Waals surface area contributed by atoms with E-state index in [-0.39, 0.29) is 6.04 Å². The molecule has 6 N–H and O–H groups in total. The van der Waals surface area contributed by atoms with Gasteiger partial charge in [-0.1, -0.05) is 36.7 Å². The molecule has 0 aliphatic heterocycles. The summed E-state index contributed by atoms with van der Waals surface area (Å²) in [6.45, 7) is 5.55.